The predicted octanol–water partition coefficient (Wildman–Crippen LogP) is 3.32. The second-order valence-electron chi connectivity index (χ2n) is 5.65. The number of thioether (sulfide) groups is 1. The van der Waals surface area contributed by atoms with Crippen molar-refractivity contribution in [1.82, 2.24) is 4.90 Å². The lowest BCUT2D eigenvalue weighted by molar-refractivity contribution is -0.121. The Morgan fingerprint density at radius 1 is 0.963 bits per heavy atom. The number of hydrogen-bond donors (Lipinski definition) is 2. The molecule has 2 aromatic rings. The number of hydrogen-bond acceptors (Lipinski definition) is 5. The van der Waals surface area contributed by atoms with E-state index in [9.17, 15) is 14.4 Å². The van der Waals surface area contributed by atoms with Crippen molar-refractivity contribution in [3.05, 3.63) is 70.1 Å². The van der Waals surface area contributed by atoms with Gasteiger partial charge >= 0.3 is 11.9 Å². The zero-order valence-electron chi connectivity index (χ0n) is 14.1. The van der Waals surface area contributed by atoms with Crippen LogP contribution in [0.2, 0.25) is 0 Å². The lowest BCUT2D eigenvalue weighted by Crippen LogP contribution is -2.23. The van der Waals surface area contributed by atoms with Crippen LogP contribution in [-0.4, -0.2) is 45.2 Å². The van der Waals surface area contributed by atoms with E-state index in [1.807, 2.05) is 0 Å². The Bertz CT molecular complexity index is 978. The molecule has 1 aliphatic heterocycles. The molecule has 2 N–H and O–H groups in total. The standard InChI is InChI=1S/C19H14N2O5S/c1-21-16(22)15(10-11-2-4-12(5-3-11)17(23)24)27-19(21)20-14-8-6-13(7-9-14)18(25)26/h2-10H,1H3,(H,23,24)(H,25,26)/b15-10-,20-19?. The van der Waals surface area contributed by atoms with Gasteiger partial charge in [-0.25, -0.2) is 14.6 Å². The summed E-state index contributed by atoms with van der Waals surface area (Å²) in [5.41, 5.74) is 1.57. The van der Waals surface area contributed by atoms with Crippen molar-refractivity contribution in [2.75, 3.05) is 7.05 Å². The number of carbonyl (C=O) groups excluding carboxylic acids is 1. The molecule has 136 valence electrons. The summed E-state index contributed by atoms with van der Waals surface area (Å²) in [6.45, 7) is 0. The van der Waals surface area contributed by atoms with Crippen LogP contribution >= 0.6 is 11.8 Å². The monoisotopic (exact) mass is 382 g/mol. The molecule has 0 unspecified atom stereocenters. The third-order valence-corrected chi connectivity index (χ3v) is 4.86. The van der Waals surface area contributed by atoms with Crippen LogP contribution in [-0.2, 0) is 4.79 Å². The molecule has 1 fully saturated rings. The Hall–Kier alpha value is -3.39. The van der Waals surface area contributed by atoms with Crippen LogP contribution in [0.1, 0.15) is 26.3 Å². The highest BCUT2D eigenvalue weighted by molar-refractivity contribution is 8.18. The molecular weight excluding hydrogens is 368 g/mol. The highest BCUT2D eigenvalue weighted by Gasteiger charge is 2.30. The normalized spacial score (nSPS) is 16.9. The Labute approximate surface area is 158 Å². The van der Waals surface area contributed by atoms with Gasteiger partial charge in [-0.2, -0.15) is 0 Å². The minimum Gasteiger partial charge on any atom is -0.478 e. The lowest BCUT2D eigenvalue weighted by atomic mass is 10.1. The van der Waals surface area contributed by atoms with E-state index in [0.717, 1.165) is 0 Å². The Kier molecular flexibility index (Phi) is 5.09. The predicted molar refractivity (Wildman–Crippen MR) is 102 cm³/mol. The number of benzene rings is 2. The van der Waals surface area contributed by atoms with Crippen molar-refractivity contribution in [3.8, 4) is 0 Å². The van der Waals surface area contributed by atoms with Gasteiger partial charge in [0.15, 0.2) is 5.17 Å². The van der Waals surface area contributed by atoms with Crippen LogP contribution in [0, 0.1) is 0 Å². The molecule has 0 spiro atoms. The summed E-state index contributed by atoms with van der Waals surface area (Å²) in [6.07, 6.45) is 1.67. The minimum atomic E-state index is -1.02. The minimum absolute atomic E-state index is 0.160. The molecule has 0 bridgehead atoms. The molecule has 7 nitrogen and oxygen atoms in total. The van der Waals surface area contributed by atoms with Gasteiger partial charge in [-0.15, -0.1) is 0 Å². The van der Waals surface area contributed by atoms with Crippen LogP contribution in [0.25, 0.3) is 6.08 Å². The zero-order valence-corrected chi connectivity index (χ0v) is 14.9. The van der Waals surface area contributed by atoms with Gasteiger partial charge < -0.3 is 10.2 Å². The maximum Gasteiger partial charge on any atom is 0.335 e. The summed E-state index contributed by atoms with van der Waals surface area (Å²) >= 11 is 1.19. The molecule has 8 heteroatoms. The number of aromatic carboxylic acids is 2. The molecule has 1 heterocycles. The largest absolute Gasteiger partial charge is 0.478 e. The number of nitrogens with zero attached hydrogens (tertiary/aromatic N) is 2. The second-order valence-corrected chi connectivity index (χ2v) is 6.66. The van der Waals surface area contributed by atoms with Gasteiger partial charge in [-0.05, 0) is 59.8 Å². The van der Waals surface area contributed by atoms with E-state index in [2.05, 4.69) is 4.99 Å². The topological polar surface area (TPSA) is 107 Å². The molecule has 0 radical (unpaired) electrons. The number of aliphatic imine (C=N–C) groups is 1. The highest BCUT2D eigenvalue weighted by atomic mass is 32.2. The number of carboxylic acid groups (broad SMARTS) is 2. The molecule has 0 aliphatic carbocycles. The average Bonchev–Trinajstić information content (AvgIpc) is 2.90. The molecule has 1 aliphatic rings. The van der Waals surface area contributed by atoms with Gasteiger partial charge in [-0.3, -0.25) is 9.69 Å². The average molecular weight is 382 g/mol. The summed E-state index contributed by atoms with van der Waals surface area (Å²) in [6, 6.07) is 12.2. The van der Waals surface area contributed by atoms with E-state index in [1.165, 1.54) is 40.9 Å². The van der Waals surface area contributed by atoms with Crippen molar-refractivity contribution < 1.29 is 24.6 Å². The molecule has 0 atom stereocenters. The van der Waals surface area contributed by atoms with Crippen LogP contribution in [0.5, 0.6) is 0 Å². The highest BCUT2D eigenvalue weighted by Crippen LogP contribution is 2.33. The fourth-order valence-corrected chi connectivity index (χ4v) is 3.30. The van der Waals surface area contributed by atoms with Crippen molar-refractivity contribution in [2.45, 2.75) is 0 Å². The van der Waals surface area contributed by atoms with Crippen molar-refractivity contribution in [1.29, 1.82) is 0 Å². The first kappa shape index (κ1) is 18.4. The SMILES string of the molecule is CN1C(=O)/C(=C/c2ccc(C(=O)O)cc2)SC1=Nc1ccc(C(=O)O)cc1. The molecular formula is C19H14N2O5S. The maximum absolute atomic E-state index is 12.4. The zero-order chi connectivity index (χ0) is 19.6. The molecule has 1 saturated heterocycles. The molecule has 0 saturated carbocycles. The maximum atomic E-state index is 12.4. The summed E-state index contributed by atoms with van der Waals surface area (Å²) in [5, 5.41) is 18.3. The van der Waals surface area contributed by atoms with Crippen LogP contribution in [0.15, 0.2) is 58.4 Å². The smallest absolute Gasteiger partial charge is 0.335 e. The first-order chi connectivity index (χ1) is 12.8. The summed E-state index contributed by atoms with van der Waals surface area (Å²) in [5.74, 6) is -2.25. The fourth-order valence-electron chi connectivity index (χ4n) is 2.31. The van der Waals surface area contributed by atoms with E-state index < -0.39 is 11.9 Å². The van der Waals surface area contributed by atoms with Crippen LogP contribution in [0.4, 0.5) is 5.69 Å². The third kappa shape index (κ3) is 4.06. The lowest BCUT2D eigenvalue weighted by Gasteiger charge is -2.07. The summed E-state index contributed by atoms with van der Waals surface area (Å²) in [4.78, 5) is 40.5. The van der Waals surface area contributed by atoms with E-state index in [1.54, 1.807) is 37.4 Å². The summed E-state index contributed by atoms with van der Waals surface area (Å²) < 4.78 is 0. The quantitative estimate of drug-likeness (QED) is 0.786. The molecule has 0 aromatic heterocycles. The Morgan fingerprint density at radius 2 is 1.48 bits per heavy atom. The van der Waals surface area contributed by atoms with Crippen molar-refractivity contribution in [2.24, 2.45) is 4.99 Å². The second kappa shape index (κ2) is 7.46. The van der Waals surface area contributed by atoms with Gasteiger partial charge in [0, 0.05) is 7.05 Å². The Balaban J connectivity index is 1.83. The van der Waals surface area contributed by atoms with Gasteiger partial charge in [0.2, 0.25) is 0 Å². The van der Waals surface area contributed by atoms with E-state index in [4.69, 9.17) is 10.2 Å². The fraction of sp³-hybridized carbons (Fsp3) is 0.0526. The number of likely N-dealkylation sites (N-methyl/N-ethyl adjacent to an activating group) is 1. The van der Waals surface area contributed by atoms with E-state index in [-0.39, 0.29) is 17.0 Å². The number of amides is 1. The number of carboxylic acids is 2. The van der Waals surface area contributed by atoms with E-state index in [0.29, 0.717) is 21.3 Å². The van der Waals surface area contributed by atoms with Crippen molar-refractivity contribution >= 4 is 46.5 Å². The Morgan fingerprint density at radius 3 is 2.00 bits per heavy atom. The molecule has 1 amide bonds. The van der Waals surface area contributed by atoms with Crippen LogP contribution < -0.4 is 0 Å². The first-order valence-corrected chi connectivity index (χ1v) is 8.60. The van der Waals surface area contributed by atoms with Gasteiger partial charge in [-0.1, -0.05) is 12.1 Å². The molecule has 27 heavy (non-hydrogen) atoms. The molecule has 2 aromatic carbocycles. The summed E-state index contributed by atoms with van der Waals surface area (Å²) in [7, 11) is 1.61. The first-order valence-electron chi connectivity index (χ1n) is 7.78. The van der Waals surface area contributed by atoms with Gasteiger partial charge in [0.25, 0.3) is 5.91 Å². The number of amidine groups is 1. The van der Waals surface area contributed by atoms with Gasteiger partial charge in [0.1, 0.15) is 0 Å². The van der Waals surface area contributed by atoms with E-state index >= 15 is 0 Å². The van der Waals surface area contributed by atoms with Gasteiger partial charge in [0.05, 0.1) is 21.7 Å². The van der Waals surface area contributed by atoms with Crippen LogP contribution in [0.3, 0.4) is 0 Å². The molecule has 3 rings (SSSR count). The third-order valence-electron chi connectivity index (χ3n) is 3.80. The number of carbonyl (C=O) groups is 3. The van der Waals surface area contributed by atoms with Crippen molar-refractivity contribution in [3.63, 3.8) is 0 Å². The number of rotatable bonds is 4.